The average Bonchev–Trinajstić information content (AvgIpc) is 3.01. The number of ether oxygens (including phenoxy) is 1. The van der Waals surface area contributed by atoms with Gasteiger partial charge in [0.1, 0.15) is 17.2 Å². The molecule has 0 saturated carbocycles. The highest BCUT2D eigenvalue weighted by molar-refractivity contribution is 7.18. The van der Waals surface area contributed by atoms with Crippen LogP contribution in [-0.4, -0.2) is 46.2 Å². The number of thiazole rings is 1. The van der Waals surface area contributed by atoms with Gasteiger partial charge < -0.3 is 9.84 Å². The molecule has 1 aliphatic heterocycles. The third-order valence-electron chi connectivity index (χ3n) is 4.25. The lowest BCUT2D eigenvalue weighted by molar-refractivity contribution is -0.160. The van der Waals surface area contributed by atoms with Crippen molar-refractivity contribution in [3.8, 4) is 0 Å². The highest BCUT2D eigenvalue weighted by Gasteiger charge is 2.30. The first-order valence-corrected chi connectivity index (χ1v) is 9.10. The number of benzene rings is 1. The van der Waals surface area contributed by atoms with Gasteiger partial charge in [0, 0.05) is 19.2 Å². The largest absolute Gasteiger partial charge is 0.479 e. The first-order valence-electron chi connectivity index (χ1n) is 8.29. The molecule has 25 heavy (non-hydrogen) atoms. The molecule has 1 fully saturated rings. The van der Waals surface area contributed by atoms with Crippen LogP contribution in [0, 0.1) is 6.92 Å². The minimum atomic E-state index is -1.21. The zero-order chi connectivity index (χ0) is 17.8. The van der Waals surface area contributed by atoms with E-state index in [-0.39, 0.29) is 0 Å². The van der Waals surface area contributed by atoms with Crippen LogP contribution in [0.5, 0.6) is 0 Å². The van der Waals surface area contributed by atoms with Gasteiger partial charge in [0.15, 0.2) is 0 Å². The molecule has 0 aliphatic carbocycles. The number of hydrogen-bond acceptors (Lipinski definition) is 6. The molecule has 6 nitrogen and oxygen atoms in total. The summed E-state index contributed by atoms with van der Waals surface area (Å²) >= 11 is 1.31. The quantitative estimate of drug-likeness (QED) is 0.798. The first kappa shape index (κ1) is 17.8. The van der Waals surface area contributed by atoms with Crippen LogP contribution in [0.3, 0.4) is 0 Å². The predicted octanol–water partition coefficient (Wildman–Crippen LogP) is 2.95. The Hall–Kier alpha value is -2.05. The number of aryl methyl sites for hydroxylation is 1. The molecule has 1 aromatic heterocycles. The van der Waals surface area contributed by atoms with Gasteiger partial charge in [-0.05, 0) is 37.5 Å². The van der Waals surface area contributed by atoms with E-state index >= 15 is 0 Å². The van der Waals surface area contributed by atoms with Crippen molar-refractivity contribution in [1.82, 2.24) is 9.88 Å². The van der Waals surface area contributed by atoms with Crippen LogP contribution < -0.4 is 0 Å². The number of fused-ring (bicyclic) bond motifs is 1. The lowest BCUT2D eigenvalue weighted by atomic mass is 10.1. The van der Waals surface area contributed by atoms with Gasteiger partial charge in [0.2, 0.25) is 6.10 Å². The van der Waals surface area contributed by atoms with E-state index in [0.717, 1.165) is 48.1 Å². The van der Waals surface area contributed by atoms with E-state index in [2.05, 4.69) is 4.98 Å². The van der Waals surface area contributed by atoms with Crippen LogP contribution in [-0.2, 0) is 14.3 Å². The minimum absolute atomic E-state index is 0.384. The molecule has 132 valence electrons. The van der Waals surface area contributed by atoms with E-state index < -0.39 is 18.3 Å². The maximum absolute atomic E-state index is 11.8. The molecule has 2 heterocycles. The molecule has 0 radical (unpaired) electrons. The molecule has 0 bridgehead atoms. The Morgan fingerprint density at radius 3 is 2.84 bits per heavy atom. The van der Waals surface area contributed by atoms with Crippen molar-refractivity contribution >= 4 is 33.5 Å². The zero-order valence-electron chi connectivity index (χ0n) is 14.0. The Bertz CT molecular complexity index is 807. The Morgan fingerprint density at radius 2 is 2.16 bits per heavy atom. The lowest BCUT2D eigenvalue weighted by Crippen LogP contribution is -2.41. The number of rotatable bonds is 6. The standard InChI is InChI=1S/C18H20N2O4S/c1-12-5-6-13-14(11-12)25-17(19-13)16(18(22)23)24-15(7-10-21)20-8-3-2-4-9-20/h5-7,11,15-16H,2-4,8-9H2,1H3,(H,22,23). The molecule has 2 aromatic rings. The highest BCUT2D eigenvalue weighted by Crippen LogP contribution is 2.31. The van der Waals surface area contributed by atoms with E-state index in [4.69, 9.17) is 4.74 Å². The summed E-state index contributed by atoms with van der Waals surface area (Å²) in [5.74, 6) is 0.629. The molecule has 1 aromatic carbocycles. The van der Waals surface area contributed by atoms with Crippen LogP contribution in [0.25, 0.3) is 10.2 Å². The van der Waals surface area contributed by atoms with Gasteiger partial charge >= 0.3 is 5.97 Å². The van der Waals surface area contributed by atoms with Gasteiger partial charge in [-0.25, -0.2) is 14.6 Å². The number of piperidine rings is 1. The van der Waals surface area contributed by atoms with E-state index in [9.17, 15) is 14.7 Å². The Balaban J connectivity index is 1.87. The molecule has 2 atom stereocenters. The number of nitrogens with zero attached hydrogens (tertiary/aromatic N) is 2. The molecule has 7 heteroatoms. The summed E-state index contributed by atoms with van der Waals surface area (Å²) in [4.78, 5) is 29.0. The van der Waals surface area contributed by atoms with Crippen molar-refractivity contribution in [2.45, 2.75) is 38.5 Å². The number of carboxylic acids is 1. The minimum Gasteiger partial charge on any atom is -0.479 e. The maximum atomic E-state index is 11.8. The summed E-state index contributed by atoms with van der Waals surface area (Å²) in [5.41, 5.74) is 1.84. The highest BCUT2D eigenvalue weighted by atomic mass is 32.1. The predicted molar refractivity (Wildman–Crippen MR) is 95.3 cm³/mol. The van der Waals surface area contributed by atoms with E-state index in [0.29, 0.717) is 5.01 Å². The van der Waals surface area contributed by atoms with Gasteiger partial charge in [-0.3, -0.25) is 4.90 Å². The smallest absolute Gasteiger partial charge is 0.340 e. The zero-order valence-corrected chi connectivity index (χ0v) is 14.8. The fourth-order valence-corrected chi connectivity index (χ4v) is 4.08. The van der Waals surface area contributed by atoms with Gasteiger partial charge in [-0.2, -0.15) is 0 Å². The molecule has 1 N–H and O–H groups in total. The third kappa shape index (κ3) is 4.14. The van der Waals surface area contributed by atoms with Crippen molar-refractivity contribution in [3.63, 3.8) is 0 Å². The van der Waals surface area contributed by atoms with Crippen molar-refractivity contribution in [1.29, 1.82) is 0 Å². The van der Waals surface area contributed by atoms with Crippen molar-refractivity contribution in [2.75, 3.05) is 13.1 Å². The van der Waals surface area contributed by atoms with E-state index in [1.165, 1.54) is 17.4 Å². The molecular weight excluding hydrogens is 340 g/mol. The molecule has 0 spiro atoms. The normalized spacial score (nSPS) is 17.8. The second kappa shape index (κ2) is 7.89. The summed E-state index contributed by atoms with van der Waals surface area (Å²) in [7, 11) is 0. The van der Waals surface area contributed by atoms with E-state index in [1.54, 1.807) is 5.94 Å². The van der Waals surface area contributed by atoms with Gasteiger partial charge in [-0.1, -0.05) is 12.5 Å². The van der Waals surface area contributed by atoms with Crippen molar-refractivity contribution in [2.24, 2.45) is 0 Å². The van der Waals surface area contributed by atoms with Crippen LogP contribution in [0.2, 0.25) is 0 Å². The van der Waals surface area contributed by atoms with Crippen molar-refractivity contribution < 1.29 is 19.4 Å². The van der Waals surface area contributed by atoms with Crippen LogP contribution in [0.4, 0.5) is 0 Å². The summed E-state index contributed by atoms with van der Waals surface area (Å²) in [6.45, 7) is 3.52. The van der Waals surface area contributed by atoms with Gasteiger partial charge in [-0.15, -0.1) is 11.3 Å². The second-order valence-electron chi connectivity index (χ2n) is 6.15. The van der Waals surface area contributed by atoms with Crippen molar-refractivity contribution in [3.05, 3.63) is 34.8 Å². The molecule has 1 aliphatic rings. The summed E-state index contributed by atoms with van der Waals surface area (Å²) in [5, 5.41) is 10.0. The first-order chi connectivity index (χ1) is 12.1. The molecule has 2 unspecified atom stereocenters. The number of likely N-dealkylation sites (tertiary alicyclic amines) is 1. The fraction of sp³-hybridized carbons (Fsp3) is 0.444. The monoisotopic (exact) mass is 360 g/mol. The topological polar surface area (TPSA) is 79.7 Å². The number of hydrogen-bond donors (Lipinski definition) is 1. The van der Waals surface area contributed by atoms with E-state index in [1.807, 2.05) is 30.0 Å². The van der Waals surface area contributed by atoms with Gasteiger partial charge in [0.25, 0.3) is 0 Å². The van der Waals surface area contributed by atoms with Crippen LogP contribution >= 0.6 is 11.3 Å². The molecule has 1 saturated heterocycles. The van der Waals surface area contributed by atoms with Crippen LogP contribution in [0.15, 0.2) is 24.3 Å². The number of aromatic nitrogens is 1. The lowest BCUT2D eigenvalue weighted by Gasteiger charge is -2.32. The Kier molecular flexibility index (Phi) is 5.60. The summed E-state index contributed by atoms with van der Waals surface area (Å²) < 4.78 is 6.72. The average molecular weight is 360 g/mol. The summed E-state index contributed by atoms with van der Waals surface area (Å²) in [6.07, 6.45) is 2.48. The number of carbonyl (C=O) groups excluding carboxylic acids is 1. The third-order valence-corrected chi connectivity index (χ3v) is 5.31. The molecular formula is C18H20N2O4S. The Morgan fingerprint density at radius 1 is 1.40 bits per heavy atom. The van der Waals surface area contributed by atoms with Gasteiger partial charge in [0.05, 0.1) is 10.2 Å². The second-order valence-corrected chi connectivity index (χ2v) is 7.21. The SMILES string of the molecule is Cc1ccc2nc(C(OC(C=C=O)N3CCCCC3)C(=O)O)sc2c1. The Labute approximate surface area is 149 Å². The molecule has 3 rings (SSSR count). The number of carboxylic acid groups (broad SMARTS) is 1. The number of carbonyl (C=O) groups is 1. The fourth-order valence-electron chi connectivity index (χ4n) is 2.99. The molecule has 0 amide bonds. The number of aliphatic carboxylic acids is 1. The van der Waals surface area contributed by atoms with Crippen LogP contribution in [0.1, 0.15) is 35.9 Å². The summed E-state index contributed by atoms with van der Waals surface area (Å²) in [6, 6.07) is 5.79. The maximum Gasteiger partial charge on any atom is 0.340 e.